The molecule has 4 nitrogen and oxygen atoms in total. The van der Waals surface area contributed by atoms with Crippen LogP contribution in [-0.4, -0.2) is 28.4 Å². The summed E-state index contributed by atoms with van der Waals surface area (Å²) in [5, 5.41) is 9.29. The Balaban J connectivity index is 1.79. The maximum Gasteiger partial charge on any atom is 0.307 e. The van der Waals surface area contributed by atoms with E-state index in [0.717, 1.165) is 31.4 Å². The molecular weight excluding hydrogens is 266 g/mol. The SMILES string of the molecule is O=C(O)C1CCCC1C(=O)N1CCCC1c1ccccc1. The van der Waals surface area contributed by atoms with Crippen molar-refractivity contribution in [1.82, 2.24) is 4.90 Å². The molecule has 1 aromatic carbocycles. The first kappa shape index (κ1) is 14.1. The van der Waals surface area contributed by atoms with Crippen molar-refractivity contribution >= 4 is 11.9 Å². The number of carboxylic acid groups (broad SMARTS) is 1. The summed E-state index contributed by atoms with van der Waals surface area (Å²) in [7, 11) is 0. The molecule has 1 aliphatic carbocycles. The Labute approximate surface area is 124 Å². The molecular formula is C17H21NO3. The molecule has 1 aromatic rings. The van der Waals surface area contributed by atoms with Crippen LogP contribution in [0.4, 0.5) is 0 Å². The lowest BCUT2D eigenvalue weighted by Crippen LogP contribution is -2.38. The Hall–Kier alpha value is -1.84. The maximum absolute atomic E-state index is 12.8. The Morgan fingerprint density at radius 3 is 2.43 bits per heavy atom. The normalized spacial score (nSPS) is 28.8. The lowest BCUT2D eigenvalue weighted by Gasteiger charge is -2.29. The molecule has 0 spiro atoms. The highest BCUT2D eigenvalue weighted by molar-refractivity contribution is 5.85. The monoisotopic (exact) mass is 287 g/mol. The van der Waals surface area contributed by atoms with Gasteiger partial charge < -0.3 is 10.0 Å². The number of hydrogen-bond acceptors (Lipinski definition) is 2. The quantitative estimate of drug-likeness (QED) is 0.930. The summed E-state index contributed by atoms with van der Waals surface area (Å²) in [4.78, 5) is 26.0. The summed E-state index contributed by atoms with van der Waals surface area (Å²) >= 11 is 0. The van der Waals surface area contributed by atoms with E-state index in [9.17, 15) is 14.7 Å². The summed E-state index contributed by atoms with van der Waals surface area (Å²) in [6, 6.07) is 10.2. The minimum absolute atomic E-state index is 0.0475. The lowest BCUT2D eigenvalue weighted by molar-refractivity contribution is -0.149. The zero-order valence-corrected chi connectivity index (χ0v) is 12.1. The number of benzene rings is 1. The number of hydrogen-bond donors (Lipinski definition) is 1. The van der Waals surface area contributed by atoms with E-state index in [1.807, 2.05) is 23.1 Å². The lowest BCUT2D eigenvalue weighted by atomic mass is 9.94. The van der Waals surface area contributed by atoms with Gasteiger partial charge in [-0.05, 0) is 31.2 Å². The molecule has 1 aliphatic heterocycles. The van der Waals surface area contributed by atoms with Gasteiger partial charge in [0.25, 0.3) is 0 Å². The van der Waals surface area contributed by atoms with Crippen LogP contribution in [0.2, 0.25) is 0 Å². The number of carbonyl (C=O) groups is 2. The van der Waals surface area contributed by atoms with Gasteiger partial charge in [-0.2, -0.15) is 0 Å². The first-order valence-corrected chi connectivity index (χ1v) is 7.76. The predicted molar refractivity (Wildman–Crippen MR) is 78.6 cm³/mol. The van der Waals surface area contributed by atoms with Crippen LogP contribution in [0.1, 0.15) is 43.7 Å². The Bertz CT molecular complexity index is 528. The van der Waals surface area contributed by atoms with Crippen molar-refractivity contribution < 1.29 is 14.7 Å². The van der Waals surface area contributed by atoms with E-state index in [1.54, 1.807) is 0 Å². The van der Waals surface area contributed by atoms with E-state index >= 15 is 0 Å². The van der Waals surface area contributed by atoms with Crippen molar-refractivity contribution in [2.45, 2.75) is 38.1 Å². The van der Waals surface area contributed by atoms with Crippen molar-refractivity contribution in [1.29, 1.82) is 0 Å². The second-order valence-corrected chi connectivity index (χ2v) is 6.08. The topological polar surface area (TPSA) is 57.6 Å². The van der Waals surface area contributed by atoms with Crippen LogP contribution in [0.25, 0.3) is 0 Å². The molecule has 21 heavy (non-hydrogen) atoms. The highest BCUT2D eigenvalue weighted by Gasteiger charge is 2.42. The van der Waals surface area contributed by atoms with Crippen LogP contribution < -0.4 is 0 Å². The van der Waals surface area contributed by atoms with Gasteiger partial charge in [-0.25, -0.2) is 0 Å². The van der Waals surface area contributed by atoms with Gasteiger partial charge in [0.15, 0.2) is 0 Å². The maximum atomic E-state index is 12.8. The second kappa shape index (κ2) is 5.88. The summed E-state index contributed by atoms with van der Waals surface area (Å²) in [6.45, 7) is 0.751. The van der Waals surface area contributed by atoms with Crippen molar-refractivity contribution in [2.24, 2.45) is 11.8 Å². The number of aliphatic carboxylic acids is 1. The third-order valence-corrected chi connectivity index (χ3v) is 4.87. The fourth-order valence-electron chi connectivity index (χ4n) is 3.82. The van der Waals surface area contributed by atoms with Crippen molar-refractivity contribution in [2.75, 3.05) is 6.54 Å². The Kier molecular flexibility index (Phi) is 3.95. The molecule has 0 radical (unpaired) electrons. The molecule has 1 saturated carbocycles. The van der Waals surface area contributed by atoms with E-state index < -0.39 is 11.9 Å². The molecule has 0 aromatic heterocycles. The van der Waals surface area contributed by atoms with Crippen molar-refractivity contribution in [3.63, 3.8) is 0 Å². The summed E-state index contributed by atoms with van der Waals surface area (Å²) in [5.74, 6) is -1.59. The number of carbonyl (C=O) groups excluding carboxylic acids is 1. The molecule has 1 N–H and O–H groups in total. The molecule has 1 saturated heterocycles. The zero-order valence-electron chi connectivity index (χ0n) is 12.1. The summed E-state index contributed by atoms with van der Waals surface area (Å²) in [6.07, 6.45) is 4.16. The molecule has 2 fully saturated rings. The fraction of sp³-hybridized carbons (Fsp3) is 0.529. The predicted octanol–water partition coefficient (Wildman–Crippen LogP) is 2.85. The van der Waals surface area contributed by atoms with Crippen molar-refractivity contribution in [3.05, 3.63) is 35.9 Å². The highest BCUT2D eigenvalue weighted by Crippen LogP contribution is 2.38. The van der Waals surface area contributed by atoms with E-state index in [-0.39, 0.29) is 17.9 Å². The fourth-order valence-corrected chi connectivity index (χ4v) is 3.82. The number of nitrogens with zero attached hydrogens (tertiary/aromatic N) is 1. The van der Waals surface area contributed by atoms with Gasteiger partial charge in [-0.1, -0.05) is 36.8 Å². The average molecular weight is 287 g/mol. The minimum atomic E-state index is -0.818. The van der Waals surface area contributed by atoms with Crippen LogP contribution in [0.5, 0.6) is 0 Å². The van der Waals surface area contributed by atoms with E-state index in [4.69, 9.17) is 0 Å². The summed E-state index contributed by atoms with van der Waals surface area (Å²) in [5.41, 5.74) is 1.16. The Morgan fingerprint density at radius 2 is 1.71 bits per heavy atom. The van der Waals surface area contributed by atoms with Gasteiger partial charge in [0.1, 0.15) is 0 Å². The van der Waals surface area contributed by atoms with Crippen LogP contribution >= 0.6 is 0 Å². The smallest absolute Gasteiger partial charge is 0.307 e. The van der Waals surface area contributed by atoms with Crippen LogP contribution in [0, 0.1) is 11.8 Å². The van der Waals surface area contributed by atoms with Crippen LogP contribution in [-0.2, 0) is 9.59 Å². The number of amides is 1. The largest absolute Gasteiger partial charge is 0.481 e. The molecule has 3 atom stereocenters. The van der Waals surface area contributed by atoms with E-state index in [2.05, 4.69) is 12.1 Å². The van der Waals surface area contributed by atoms with Gasteiger partial charge in [-0.3, -0.25) is 9.59 Å². The summed E-state index contributed by atoms with van der Waals surface area (Å²) < 4.78 is 0. The molecule has 3 unspecified atom stereocenters. The molecule has 0 bridgehead atoms. The molecule has 3 rings (SSSR count). The van der Waals surface area contributed by atoms with Crippen LogP contribution in [0.3, 0.4) is 0 Å². The van der Waals surface area contributed by atoms with Gasteiger partial charge in [0, 0.05) is 6.54 Å². The number of likely N-dealkylation sites (tertiary alicyclic amines) is 1. The minimum Gasteiger partial charge on any atom is -0.481 e. The number of rotatable bonds is 3. The van der Waals surface area contributed by atoms with E-state index in [0.29, 0.717) is 12.8 Å². The zero-order chi connectivity index (χ0) is 14.8. The molecule has 4 heteroatoms. The van der Waals surface area contributed by atoms with Crippen molar-refractivity contribution in [3.8, 4) is 0 Å². The first-order valence-electron chi connectivity index (χ1n) is 7.76. The van der Waals surface area contributed by atoms with E-state index in [1.165, 1.54) is 0 Å². The van der Waals surface area contributed by atoms with Gasteiger partial charge in [0.2, 0.25) is 5.91 Å². The van der Waals surface area contributed by atoms with Gasteiger partial charge in [-0.15, -0.1) is 0 Å². The molecule has 1 amide bonds. The third kappa shape index (κ3) is 2.67. The van der Waals surface area contributed by atoms with Crippen LogP contribution in [0.15, 0.2) is 30.3 Å². The van der Waals surface area contributed by atoms with Gasteiger partial charge >= 0.3 is 5.97 Å². The first-order chi connectivity index (χ1) is 10.2. The Morgan fingerprint density at radius 1 is 1.00 bits per heavy atom. The molecule has 1 heterocycles. The number of carboxylic acids is 1. The third-order valence-electron chi connectivity index (χ3n) is 4.87. The van der Waals surface area contributed by atoms with Gasteiger partial charge in [0.05, 0.1) is 17.9 Å². The standard InChI is InChI=1S/C17H21NO3/c19-16(13-8-4-9-14(13)17(20)21)18-11-5-10-15(18)12-6-2-1-3-7-12/h1-3,6-7,13-15H,4-5,8-11H2,(H,20,21). The second-order valence-electron chi connectivity index (χ2n) is 6.08. The highest BCUT2D eigenvalue weighted by atomic mass is 16.4. The average Bonchev–Trinajstić information content (AvgIpc) is 3.16. The molecule has 112 valence electrons. The molecule has 2 aliphatic rings.